The van der Waals surface area contributed by atoms with Crippen molar-refractivity contribution in [3.63, 3.8) is 0 Å². The summed E-state index contributed by atoms with van der Waals surface area (Å²) in [6.45, 7) is 0.433. The minimum Gasteiger partial charge on any atom is -0.652 e. The van der Waals surface area contributed by atoms with Crippen molar-refractivity contribution >= 4 is 22.1 Å². The molecule has 2 aromatic carbocycles. The summed E-state index contributed by atoms with van der Waals surface area (Å²) in [4.78, 5) is 8.33. The Kier molecular flexibility index (Phi) is 16.8. The number of hydrogen-bond donors (Lipinski definition) is 0. The molecule has 0 saturated heterocycles. The predicted octanol–water partition coefficient (Wildman–Crippen LogP) is -4.27. The molecule has 0 aliphatic carbocycles. The van der Waals surface area contributed by atoms with E-state index in [1.54, 1.807) is 6.07 Å². The Morgan fingerprint density at radius 1 is 1.09 bits per heavy atom. The molecule has 0 saturated carbocycles. The van der Waals surface area contributed by atoms with Crippen molar-refractivity contribution < 1.29 is 127 Å². The first-order chi connectivity index (χ1) is 9.49. The van der Waals surface area contributed by atoms with Crippen LogP contribution in [0.1, 0.15) is 5.56 Å². The van der Waals surface area contributed by atoms with Crippen molar-refractivity contribution in [1.82, 2.24) is 0 Å². The second-order valence-electron chi connectivity index (χ2n) is 3.60. The Hall–Kier alpha value is 1.19. The van der Waals surface area contributed by atoms with E-state index < -0.39 is 6.16 Å². The average molecular weight is 419 g/mol. The maximum Gasteiger partial charge on any atom is 1.00 e. The number of hydrogen-bond acceptors (Lipinski definition) is 4. The van der Waals surface area contributed by atoms with Crippen molar-refractivity contribution in [2.45, 2.75) is 6.61 Å². The van der Waals surface area contributed by atoms with Gasteiger partial charge in [-0.3, -0.25) is 0 Å². The van der Waals surface area contributed by atoms with Crippen molar-refractivity contribution in [2.24, 2.45) is 0 Å². The van der Waals surface area contributed by atoms with Crippen molar-refractivity contribution in [1.29, 1.82) is 0 Å². The maximum atomic E-state index is 13.0. The Morgan fingerprint density at radius 2 is 1.64 bits per heavy atom. The largest absolute Gasteiger partial charge is 1.00 e. The molecule has 0 aliphatic heterocycles. The van der Waals surface area contributed by atoms with Crippen LogP contribution in [0.5, 0.6) is 5.75 Å². The summed E-state index contributed by atoms with van der Waals surface area (Å²) in [5, 5.41) is 16.7. The van der Waals surface area contributed by atoms with E-state index in [1.165, 1.54) is 12.1 Å². The number of benzene rings is 2. The minimum absolute atomic E-state index is 0. The zero-order valence-electron chi connectivity index (χ0n) is 12.2. The van der Waals surface area contributed by atoms with Gasteiger partial charge in [-0.05, 0) is 39.8 Å². The standard InChI is InChI=1S/C13H10BrFO.CH2O3.2K/c14-12-7-6-11(15)8-13(12)16-9-10-4-2-1-3-5-10;2-1(3)4;;/h1-8H,9H2;(H2,2,3,4);;/q;;2*+1/p-2. The Balaban J connectivity index is 0. The van der Waals surface area contributed by atoms with Gasteiger partial charge >= 0.3 is 103 Å². The number of halogens is 2. The molecule has 0 aromatic heterocycles. The monoisotopic (exact) mass is 418 g/mol. The molecule has 0 atom stereocenters. The molecule has 0 fully saturated rings. The molecule has 2 aromatic rings. The minimum atomic E-state index is -2.33. The number of rotatable bonds is 3. The molecule has 0 amide bonds. The topological polar surface area (TPSA) is 72.4 Å². The first kappa shape index (κ1) is 25.4. The summed E-state index contributed by atoms with van der Waals surface area (Å²) in [5.41, 5.74) is 1.05. The first-order valence-corrected chi connectivity index (χ1v) is 6.28. The van der Waals surface area contributed by atoms with Gasteiger partial charge in [0.05, 0.1) is 4.47 Å². The quantitative estimate of drug-likeness (QED) is 0.473. The molecule has 2 rings (SSSR count). The second kappa shape index (κ2) is 14.5. The molecule has 0 bridgehead atoms. The Bertz CT molecular complexity index is 566. The van der Waals surface area contributed by atoms with Gasteiger partial charge < -0.3 is 19.7 Å². The molecule has 0 radical (unpaired) electrons. The normalized spacial score (nSPS) is 8.45. The first-order valence-electron chi connectivity index (χ1n) is 5.49. The average Bonchev–Trinajstić information content (AvgIpc) is 2.40. The second-order valence-corrected chi connectivity index (χ2v) is 4.45. The molecule has 0 heterocycles. The van der Waals surface area contributed by atoms with Gasteiger partial charge in [0, 0.05) is 6.07 Å². The fourth-order valence-electron chi connectivity index (χ4n) is 1.32. The molecule has 0 unspecified atom stereocenters. The van der Waals surface area contributed by atoms with Gasteiger partial charge in [0.2, 0.25) is 0 Å². The summed E-state index contributed by atoms with van der Waals surface area (Å²) in [6.07, 6.45) is -2.33. The molecule has 106 valence electrons. The summed E-state index contributed by atoms with van der Waals surface area (Å²) < 4.78 is 19.2. The van der Waals surface area contributed by atoms with Crippen LogP contribution in [-0.4, -0.2) is 6.16 Å². The third-order valence-corrected chi connectivity index (χ3v) is 2.79. The number of ether oxygens (including phenoxy) is 1. The van der Waals surface area contributed by atoms with Gasteiger partial charge in [0.15, 0.2) is 0 Å². The van der Waals surface area contributed by atoms with Crippen LogP contribution in [0, 0.1) is 5.82 Å². The van der Waals surface area contributed by atoms with E-state index in [1.807, 2.05) is 30.3 Å². The fourth-order valence-corrected chi connectivity index (χ4v) is 1.68. The summed E-state index contributed by atoms with van der Waals surface area (Å²) >= 11 is 3.31. The van der Waals surface area contributed by atoms with Crippen LogP contribution in [0.25, 0.3) is 0 Å². The summed E-state index contributed by atoms with van der Waals surface area (Å²) in [5.74, 6) is 0.218. The van der Waals surface area contributed by atoms with Gasteiger partial charge in [0.25, 0.3) is 0 Å². The van der Waals surface area contributed by atoms with Crippen molar-refractivity contribution in [3.05, 3.63) is 64.4 Å². The van der Waals surface area contributed by atoms with Gasteiger partial charge in [-0.15, -0.1) is 0 Å². The van der Waals surface area contributed by atoms with Crippen LogP contribution in [0.15, 0.2) is 53.0 Å². The third kappa shape index (κ3) is 11.7. The maximum absolute atomic E-state index is 13.0. The van der Waals surface area contributed by atoms with Gasteiger partial charge in [-0.25, -0.2) is 4.39 Å². The van der Waals surface area contributed by atoms with E-state index in [0.29, 0.717) is 12.4 Å². The van der Waals surface area contributed by atoms with E-state index >= 15 is 0 Å². The van der Waals surface area contributed by atoms with E-state index in [4.69, 9.17) is 19.7 Å². The van der Waals surface area contributed by atoms with Crippen LogP contribution >= 0.6 is 15.9 Å². The molecule has 22 heavy (non-hydrogen) atoms. The van der Waals surface area contributed by atoms with Gasteiger partial charge in [-0.1, -0.05) is 30.3 Å². The number of carboxylic acid groups (broad SMARTS) is 2. The number of carbonyl (C=O) groups excluding carboxylic acids is 1. The van der Waals surface area contributed by atoms with E-state index in [0.717, 1.165) is 10.0 Å². The van der Waals surface area contributed by atoms with Gasteiger partial charge in [0.1, 0.15) is 18.2 Å². The molecule has 0 N–H and O–H groups in total. The van der Waals surface area contributed by atoms with Crippen LogP contribution in [0.4, 0.5) is 9.18 Å². The van der Waals surface area contributed by atoms with E-state index in [9.17, 15) is 4.39 Å². The molecular formula is C14H10BrFK2O4. The van der Waals surface area contributed by atoms with E-state index in [2.05, 4.69) is 15.9 Å². The van der Waals surface area contributed by atoms with Crippen LogP contribution in [0.2, 0.25) is 0 Å². The third-order valence-electron chi connectivity index (χ3n) is 2.13. The molecular weight excluding hydrogens is 409 g/mol. The van der Waals surface area contributed by atoms with Crippen molar-refractivity contribution in [2.75, 3.05) is 0 Å². The van der Waals surface area contributed by atoms with Crippen molar-refractivity contribution in [3.8, 4) is 5.75 Å². The molecule has 0 aliphatic rings. The predicted molar refractivity (Wildman–Crippen MR) is 70.3 cm³/mol. The Morgan fingerprint density at radius 3 is 2.18 bits per heavy atom. The molecule has 4 nitrogen and oxygen atoms in total. The molecule has 0 spiro atoms. The summed E-state index contributed by atoms with van der Waals surface area (Å²) in [6, 6.07) is 14.2. The van der Waals surface area contributed by atoms with Crippen LogP contribution in [-0.2, 0) is 6.61 Å². The van der Waals surface area contributed by atoms with E-state index in [-0.39, 0.29) is 109 Å². The smallest absolute Gasteiger partial charge is 0.652 e. The zero-order chi connectivity index (χ0) is 15.0. The SMILES string of the molecule is Fc1ccc(Br)c(OCc2ccccc2)c1.O=C([O-])[O-].[K+].[K+]. The van der Waals surface area contributed by atoms with Crippen LogP contribution < -0.4 is 118 Å². The summed E-state index contributed by atoms with van der Waals surface area (Å²) in [7, 11) is 0. The zero-order valence-corrected chi connectivity index (χ0v) is 20.0. The van der Waals surface area contributed by atoms with Gasteiger partial charge in [-0.2, -0.15) is 0 Å². The number of carbonyl (C=O) groups is 1. The Labute approximate surface area is 221 Å². The fraction of sp³-hybridized carbons (Fsp3) is 0.0714. The van der Waals surface area contributed by atoms with Crippen LogP contribution in [0.3, 0.4) is 0 Å². The molecule has 8 heteroatoms.